The fourth-order valence-corrected chi connectivity index (χ4v) is 2.40. The van der Waals surface area contributed by atoms with Crippen molar-refractivity contribution >= 4 is 17.7 Å². The molecule has 0 unspecified atom stereocenters. The lowest BCUT2D eigenvalue weighted by Crippen LogP contribution is -2.08. The lowest BCUT2D eigenvalue weighted by Gasteiger charge is -2.09. The van der Waals surface area contributed by atoms with Gasteiger partial charge in [-0.1, -0.05) is 11.8 Å². The molecule has 2 rings (SSSR count). The molecule has 0 amide bonds. The van der Waals surface area contributed by atoms with Crippen molar-refractivity contribution in [1.29, 1.82) is 0 Å². The van der Waals surface area contributed by atoms with Crippen LogP contribution in [0.5, 0.6) is 0 Å². The fourth-order valence-electron chi connectivity index (χ4n) is 1.72. The van der Waals surface area contributed by atoms with Crippen molar-refractivity contribution in [3.8, 4) is 11.4 Å². The van der Waals surface area contributed by atoms with Crippen molar-refractivity contribution in [3.05, 3.63) is 30.1 Å². The van der Waals surface area contributed by atoms with Gasteiger partial charge in [-0.3, -0.25) is 9.36 Å². The van der Waals surface area contributed by atoms with Gasteiger partial charge in [0.25, 0.3) is 0 Å². The molecule has 1 aromatic carbocycles. The van der Waals surface area contributed by atoms with E-state index in [2.05, 4.69) is 10.2 Å². The van der Waals surface area contributed by atoms with Crippen molar-refractivity contribution in [2.75, 3.05) is 19.5 Å². The molecule has 21 heavy (non-hydrogen) atoms. The third-order valence-electron chi connectivity index (χ3n) is 2.66. The second kappa shape index (κ2) is 7.19. The molecule has 1 N–H and O–H groups in total. The maximum Gasteiger partial charge on any atom is 0.313 e. The molecule has 0 aliphatic heterocycles. The van der Waals surface area contributed by atoms with E-state index in [9.17, 15) is 9.18 Å². The number of benzene rings is 1. The summed E-state index contributed by atoms with van der Waals surface area (Å²) < 4.78 is 19.8. The summed E-state index contributed by atoms with van der Waals surface area (Å²) in [5.41, 5.74) is 0.710. The van der Waals surface area contributed by atoms with Gasteiger partial charge in [0, 0.05) is 12.7 Å². The predicted molar refractivity (Wildman–Crippen MR) is 75.7 cm³/mol. The summed E-state index contributed by atoms with van der Waals surface area (Å²) in [5, 5.41) is 17.3. The highest BCUT2D eigenvalue weighted by atomic mass is 32.2. The molecular weight excluding hydrogens is 297 g/mol. The summed E-state index contributed by atoms with van der Waals surface area (Å²) >= 11 is 1.08. The van der Waals surface area contributed by atoms with Crippen LogP contribution < -0.4 is 0 Å². The van der Waals surface area contributed by atoms with Gasteiger partial charge in [-0.25, -0.2) is 4.39 Å². The third kappa shape index (κ3) is 4.02. The molecule has 2 aromatic rings. The number of nitrogens with zero attached hydrogens (tertiary/aromatic N) is 3. The topological polar surface area (TPSA) is 77.2 Å². The summed E-state index contributed by atoms with van der Waals surface area (Å²) in [6.07, 6.45) is 0. The number of carboxylic acids is 1. The highest BCUT2D eigenvalue weighted by Gasteiger charge is 2.15. The van der Waals surface area contributed by atoms with Gasteiger partial charge in [0.15, 0.2) is 11.0 Å². The fraction of sp³-hybridized carbons (Fsp3) is 0.308. The molecule has 0 atom stereocenters. The number of carbonyl (C=O) groups is 1. The summed E-state index contributed by atoms with van der Waals surface area (Å²) in [4.78, 5) is 10.7. The third-order valence-corrected chi connectivity index (χ3v) is 3.61. The van der Waals surface area contributed by atoms with Crippen molar-refractivity contribution in [1.82, 2.24) is 14.8 Å². The molecule has 0 aliphatic rings. The van der Waals surface area contributed by atoms with Crippen LogP contribution in [0.25, 0.3) is 11.4 Å². The van der Waals surface area contributed by atoms with Gasteiger partial charge >= 0.3 is 5.97 Å². The summed E-state index contributed by atoms with van der Waals surface area (Å²) in [6, 6.07) is 5.89. The molecule has 1 aromatic heterocycles. The van der Waals surface area contributed by atoms with Crippen LogP contribution in [0.1, 0.15) is 0 Å². The Kier molecular flexibility index (Phi) is 5.29. The van der Waals surface area contributed by atoms with Gasteiger partial charge in [0.1, 0.15) is 5.82 Å². The first-order valence-corrected chi connectivity index (χ1v) is 7.13. The molecular formula is C13H14FN3O3S. The number of aliphatic carboxylic acids is 1. The quantitative estimate of drug-likeness (QED) is 0.787. The smallest absolute Gasteiger partial charge is 0.313 e. The number of ether oxygens (including phenoxy) is 1. The first-order chi connectivity index (χ1) is 10.1. The minimum atomic E-state index is -0.926. The number of halogens is 1. The maximum absolute atomic E-state index is 13.0. The van der Waals surface area contributed by atoms with E-state index in [0.29, 0.717) is 29.7 Å². The first kappa shape index (κ1) is 15.5. The Morgan fingerprint density at radius 1 is 1.38 bits per heavy atom. The van der Waals surface area contributed by atoms with E-state index < -0.39 is 5.97 Å². The Morgan fingerprint density at radius 2 is 2.10 bits per heavy atom. The average molecular weight is 311 g/mol. The van der Waals surface area contributed by atoms with Gasteiger partial charge in [0.2, 0.25) is 0 Å². The molecule has 1 heterocycles. The van der Waals surface area contributed by atoms with Crippen molar-refractivity contribution in [2.24, 2.45) is 0 Å². The van der Waals surface area contributed by atoms with Crippen LogP contribution >= 0.6 is 11.8 Å². The molecule has 0 bridgehead atoms. The minimum absolute atomic E-state index is 0.103. The Bertz CT molecular complexity index is 616. The second-order valence-corrected chi connectivity index (χ2v) is 5.08. The Hall–Kier alpha value is -1.93. The van der Waals surface area contributed by atoms with E-state index in [1.54, 1.807) is 23.8 Å². The van der Waals surface area contributed by atoms with Crippen LogP contribution in [0.4, 0.5) is 4.39 Å². The van der Waals surface area contributed by atoms with Crippen LogP contribution in [0.2, 0.25) is 0 Å². The van der Waals surface area contributed by atoms with Gasteiger partial charge in [-0.05, 0) is 24.3 Å². The van der Waals surface area contributed by atoms with E-state index in [0.717, 1.165) is 11.8 Å². The zero-order chi connectivity index (χ0) is 15.2. The Labute approximate surface area is 124 Å². The number of methoxy groups -OCH3 is 1. The second-order valence-electron chi connectivity index (χ2n) is 4.14. The first-order valence-electron chi connectivity index (χ1n) is 6.14. The van der Waals surface area contributed by atoms with Gasteiger partial charge < -0.3 is 9.84 Å². The summed E-state index contributed by atoms with van der Waals surface area (Å²) in [7, 11) is 1.58. The zero-order valence-corrected chi connectivity index (χ0v) is 12.1. The lowest BCUT2D eigenvalue weighted by molar-refractivity contribution is -0.133. The van der Waals surface area contributed by atoms with Crippen LogP contribution in [-0.4, -0.2) is 45.3 Å². The molecule has 0 saturated carbocycles. The van der Waals surface area contributed by atoms with Crippen molar-refractivity contribution in [3.63, 3.8) is 0 Å². The normalized spacial score (nSPS) is 10.8. The number of rotatable bonds is 7. The molecule has 6 nitrogen and oxygen atoms in total. The molecule has 8 heteroatoms. The van der Waals surface area contributed by atoms with Crippen molar-refractivity contribution < 1.29 is 19.0 Å². The summed E-state index contributed by atoms with van der Waals surface area (Å²) in [6.45, 7) is 0.922. The van der Waals surface area contributed by atoms with E-state index in [4.69, 9.17) is 9.84 Å². The van der Waals surface area contributed by atoms with E-state index in [1.165, 1.54) is 12.1 Å². The molecule has 0 radical (unpaired) electrons. The summed E-state index contributed by atoms with van der Waals surface area (Å²) in [5.74, 6) is -0.805. The molecule has 0 fully saturated rings. The van der Waals surface area contributed by atoms with Gasteiger partial charge in [-0.15, -0.1) is 10.2 Å². The number of hydrogen-bond donors (Lipinski definition) is 1. The highest BCUT2D eigenvalue weighted by molar-refractivity contribution is 7.99. The number of hydrogen-bond acceptors (Lipinski definition) is 5. The molecule has 112 valence electrons. The monoisotopic (exact) mass is 311 g/mol. The average Bonchev–Trinajstić information content (AvgIpc) is 2.86. The Balaban J connectivity index is 2.31. The van der Waals surface area contributed by atoms with Crippen LogP contribution in [0.3, 0.4) is 0 Å². The lowest BCUT2D eigenvalue weighted by atomic mass is 10.2. The molecule has 0 aliphatic carbocycles. The minimum Gasteiger partial charge on any atom is -0.481 e. The van der Waals surface area contributed by atoms with Gasteiger partial charge in [-0.2, -0.15) is 0 Å². The SMILES string of the molecule is COCCn1c(SCC(=O)O)nnc1-c1ccc(F)cc1. The van der Waals surface area contributed by atoms with E-state index in [-0.39, 0.29) is 11.6 Å². The largest absolute Gasteiger partial charge is 0.481 e. The number of thioether (sulfide) groups is 1. The van der Waals surface area contributed by atoms with Crippen LogP contribution in [-0.2, 0) is 16.1 Å². The van der Waals surface area contributed by atoms with Gasteiger partial charge in [0.05, 0.1) is 18.9 Å². The van der Waals surface area contributed by atoms with E-state index >= 15 is 0 Å². The number of aromatic nitrogens is 3. The molecule has 0 saturated heterocycles. The van der Waals surface area contributed by atoms with Crippen molar-refractivity contribution in [2.45, 2.75) is 11.7 Å². The Morgan fingerprint density at radius 3 is 2.71 bits per heavy atom. The predicted octanol–water partition coefficient (Wildman–Crippen LogP) is 1.91. The molecule has 0 spiro atoms. The maximum atomic E-state index is 13.0. The zero-order valence-electron chi connectivity index (χ0n) is 11.3. The number of carboxylic acid groups (broad SMARTS) is 1. The van der Waals surface area contributed by atoms with E-state index in [1.807, 2.05) is 0 Å². The standard InChI is InChI=1S/C13H14FN3O3S/c1-20-7-6-17-12(9-2-4-10(14)5-3-9)15-16-13(17)21-8-11(18)19/h2-5H,6-8H2,1H3,(H,18,19). The van der Waals surface area contributed by atoms with Crippen LogP contribution in [0, 0.1) is 5.82 Å². The highest BCUT2D eigenvalue weighted by Crippen LogP contribution is 2.24. The van der Waals surface area contributed by atoms with Crippen LogP contribution in [0.15, 0.2) is 29.4 Å².